The molecule has 2 aromatic rings. The largest absolute Gasteiger partial charge is 0.481 e. The van der Waals surface area contributed by atoms with Gasteiger partial charge in [0, 0.05) is 18.7 Å². The topological polar surface area (TPSA) is 83.6 Å². The molecule has 1 saturated heterocycles. The molecule has 1 aromatic carbocycles. The highest BCUT2D eigenvalue weighted by Crippen LogP contribution is 2.39. The molecule has 1 atom stereocenters. The van der Waals surface area contributed by atoms with Crippen LogP contribution in [0.4, 0.5) is 0 Å². The van der Waals surface area contributed by atoms with Gasteiger partial charge in [0.2, 0.25) is 5.89 Å². The van der Waals surface area contributed by atoms with Gasteiger partial charge >= 0.3 is 5.97 Å². The molecule has 6 heteroatoms. The quantitative estimate of drug-likeness (QED) is 0.922. The highest BCUT2D eigenvalue weighted by atomic mass is 16.4. The molecule has 0 radical (unpaired) electrons. The van der Waals surface area contributed by atoms with Crippen LogP contribution in [0.5, 0.6) is 0 Å². The molecule has 1 fully saturated rings. The van der Waals surface area contributed by atoms with Crippen molar-refractivity contribution in [3.05, 3.63) is 41.8 Å². The highest BCUT2D eigenvalue weighted by molar-refractivity contribution is 5.94. The Kier molecular flexibility index (Phi) is 4.37. The zero-order valence-corrected chi connectivity index (χ0v) is 14.7. The Morgan fingerprint density at radius 1 is 1.28 bits per heavy atom. The van der Waals surface area contributed by atoms with Crippen LogP contribution in [0.2, 0.25) is 0 Å². The minimum Gasteiger partial charge on any atom is -0.481 e. The minimum absolute atomic E-state index is 0.0546. The van der Waals surface area contributed by atoms with Gasteiger partial charge in [0.15, 0.2) is 5.69 Å². The lowest BCUT2D eigenvalue weighted by Crippen LogP contribution is -2.40. The molecular weight excluding hydrogens is 320 g/mol. The molecule has 2 heterocycles. The summed E-state index contributed by atoms with van der Waals surface area (Å²) in [5.41, 5.74) is 0.159. The van der Waals surface area contributed by atoms with Gasteiger partial charge in [-0.1, -0.05) is 32.0 Å². The maximum absolute atomic E-state index is 12.9. The molecule has 0 spiro atoms. The summed E-state index contributed by atoms with van der Waals surface area (Å²) in [4.78, 5) is 30.5. The van der Waals surface area contributed by atoms with Crippen molar-refractivity contribution in [3.63, 3.8) is 0 Å². The molecule has 1 amide bonds. The van der Waals surface area contributed by atoms with Gasteiger partial charge in [-0.25, -0.2) is 4.98 Å². The predicted octanol–water partition coefficient (Wildman–Crippen LogP) is 3.22. The molecule has 0 aliphatic carbocycles. The number of aryl methyl sites for hydroxylation is 1. The van der Waals surface area contributed by atoms with Crippen molar-refractivity contribution in [2.24, 2.45) is 11.3 Å². The van der Waals surface area contributed by atoms with Crippen molar-refractivity contribution in [2.45, 2.75) is 27.2 Å². The lowest BCUT2D eigenvalue weighted by Gasteiger charge is -2.28. The fraction of sp³-hybridized carbons (Fsp3) is 0.421. The maximum Gasteiger partial charge on any atom is 0.311 e. The summed E-state index contributed by atoms with van der Waals surface area (Å²) in [5, 5.41) is 9.64. The molecule has 6 nitrogen and oxygen atoms in total. The normalized spacial score (nSPS) is 20.2. The van der Waals surface area contributed by atoms with Crippen LogP contribution in [-0.4, -0.2) is 40.0 Å². The van der Waals surface area contributed by atoms with E-state index in [0.717, 1.165) is 5.56 Å². The fourth-order valence-electron chi connectivity index (χ4n) is 3.35. The first-order chi connectivity index (χ1) is 11.8. The monoisotopic (exact) mass is 342 g/mol. The number of likely N-dealkylation sites (tertiary alicyclic amines) is 1. The van der Waals surface area contributed by atoms with Crippen LogP contribution in [-0.2, 0) is 4.79 Å². The molecule has 0 saturated carbocycles. The van der Waals surface area contributed by atoms with Gasteiger partial charge in [-0.2, -0.15) is 0 Å². The molecule has 1 aliphatic heterocycles. The Morgan fingerprint density at radius 2 is 1.96 bits per heavy atom. The Hall–Kier alpha value is -2.63. The number of oxazole rings is 1. The number of amides is 1. The van der Waals surface area contributed by atoms with Crippen LogP contribution in [0.15, 0.2) is 34.7 Å². The van der Waals surface area contributed by atoms with Crippen LogP contribution >= 0.6 is 0 Å². The van der Waals surface area contributed by atoms with Crippen molar-refractivity contribution in [3.8, 4) is 11.5 Å². The lowest BCUT2D eigenvalue weighted by atomic mass is 9.76. The van der Waals surface area contributed by atoms with E-state index in [9.17, 15) is 14.7 Å². The Balaban J connectivity index is 1.85. The SMILES string of the molecule is Cc1oc(-c2ccccc2)nc1C(=O)N1CCC(C(=O)O)(C(C)C)C1. The fourth-order valence-corrected chi connectivity index (χ4v) is 3.35. The second-order valence-corrected chi connectivity index (χ2v) is 6.88. The zero-order valence-electron chi connectivity index (χ0n) is 14.7. The Bertz CT molecular complexity index is 797. The number of hydrogen-bond donors (Lipinski definition) is 1. The van der Waals surface area contributed by atoms with Gasteiger partial charge in [0.05, 0.1) is 5.41 Å². The van der Waals surface area contributed by atoms with E-state index < -0.39 is 11.4 Å². The number of aromatic nitrogens is 1. The van der Waals surface area contributed by atoms with Crippen molar-refractivity contribution in [1.82, 2.24) is 9.88 Å². The third kappa shape index (κ3) is 2.92. The van der Waals surface area contributed by atoms with Crippen molar-refractivity contribution < 1.29 is 19.1 Å². The highest BCUT2D eigenvalue weighted by Gasteiger charge is 2.49. The van der Waals surface area contributed by atoms with Crippen molar-refractivity contribution in [2.75, 3.05) is 13.1 Å². The zero-order chi connectivity index (χ0) is 18.2. The molecular formula is C19H22N2O4. The number of aliphatic carboxylic acids is 1. The van der Waals surface area contributed by atoms with Crippen molar-refractivity contribution in [1.29, 1.82) is 0 Å². The number of benzene rings is 1. The molecule has 1 aromatic heterocycles. The summed E-state index contributed by atoms with van der Waals surface area (Å²) in [5.74, 6) is -0.330. The van der Waals surface area contributed by atoms with E-state index in [1.807, 2.05) is 44.2 Å². The third-order valence-electron chi connectivity index (χ3n) is 5.14. The standard InChI is InChI=1S/C19H22N2O4/c1-12(2)19(18(23)24)9-10-21(11-19)17(22)15-13(3)25-16(20-15)14-7-5-4-6-8-14/h4-8,12H,9-11H2,1-3H3,(H,23,24). The van der Waals surface area contributed by atoms with Crippen LogP contribution < -0.4 is 0 Å². The number of carbonyl (C=O) groups excluding carboxylic acids is 1. The Labute approximate surface area is 146 Å². The molecule has 3 rings (SSSR count). The smallest absolute Gasteiger partial charge is 0.311 e. The van der Waals surface area contributed by atoms with Gasteiger partial charge in [-0.3, -0.25) is 9.59 Å². The van der Waals surface area contributed by atoms with E-state index in [-0.39, 0.29) is 24.1 Å². The van der Waals surface area contributed by atoms with E-state index in [1.54, 1.807) is 11.8 Å². The number of carbonyl (C=O) groups is 2. The van der Waals surface area contributed by atoms with Gasteiger partial charge in [0.25, 0.3) is 5.91 Å². The van der Waals surface area contributed by atoms with Crippen LogP contribution in [0.25, 0.3) is 11.5 Å². The van der Waals surface area contributed by atoms with E-state index >= 15 is 0 Å². The van der Waals surface area contributed by atoms with E-state index in [0.29, 0.717) is 24.6 Å². The molecule has 1 aliphatic rings. The van der Waals surface area contributed by atoms with E-state index in [1.165, 1.54) is 0 Å². The van der Waals surface area contributed by atoms with Crippen LogP contribution in [0, 0.1) is 18.3 Å². The maximum atomic E-state index is 12.9. The number of carboxylic acids is 1. The average Bonchev–Trinajstić information content (AvgIpc) is 3.20. The van der Waals surface area contributed by atoms with E-state index in [2.05, 4.69) is 4.98 Å². The second-order valence-electron chi connectivity index (χ2n) is 6.88. The molecule has 0 bridgehead atoms. The van der Waals surface area contributed by atoms with E-state index in [4.69, 9.17) is 4.42 Å². The summed E-state index contributed by atoms with van der Waals surface area (Å²) in [7, 11) is 0. The summed E-state index contributed by atoms with van der Waals surface area (Å²) < 4.78 is 5.65. The van der Waals surface area contributed by atoms with Gasteiger partial charge in [-0.15, -0.1) is 0 Å². The first kappa shape index (κ1) is 17.2. The lowest BCUT2D eigenvalue weighted by molar-refractivity contribution is -0.150. The van der Waals surface area contributed by atoms with Crippen LogP contribution in [0.3, 0.4) is 0 Å². The van der Waals surface area contributed by atoms with Gasteiger partial charge in [-0.05, 0) is 31.4 Å². The Morgan fingerprint density at radius 3 is 2.52 bits per heavy atom. The summed E-state index contributed by atoms with van der Waals surface area (Å²) in [6, 6.07) is 9.38. The van der Waals surface area contributed by atoms with Gasteiger partial charge < -0.3 is 14.4 Å². The summed E-state index contributed by atoms with van der Waals surface area (Å²) in [6.45, 7) is 6.09. The van der Waals surface area contributed by atoms with Crippen LogP contribution in [0.1, 0.15) is 36.5 Å². The van der Waals surface area contributed by atoms with Crippen molar-refractivity contribution >= 4 is 11.9 Å². The predicted molar refractivity (Wildman–Crippen MR) is 92.1 cm³/mol. The average molecular weight is 342 g/mol. The van der Waals surface area contributed by atoms with Gasteiger partial charge in [0.1, 0.15) is 5.76 Å². The number of rotatable bonds is 4. The molecule has 1 N–H and O–H groups in total. The first-order valence-electron chi connectivity index (χ1n) is 8.40. The second kappa shape index (κ2) is 6.35. The number of carboxylic acid groups (broad SMARTS) is 1. The molecule has 1 unspecified atom stereocenters. The number of hydrogen-bond acceptors (Lipinski definition) is 4. The summed E-state index contributed by atoms with van der Waals surface area (Å²) in [6.07, 6.45) is 0.453. The first-order valence-corrected chi connectivity index (χ1v) is 8.40. The molecule has 132 valence electrons. The molecule has 25 heavy (non-hydrogen) atoms. The number of nitrogens with zero attached hydrogens (tertiary/aromatic N) is 2. The summed E-state index contributed by atoms with van der Waals surface area (Å²) >= 11 is 0. The minimum atomic E-state index is -0.893. The third-order valence-corrected chi connectivity index (χ3v) is 5.14.